The third-order valence-electron chi connectivity index (χ3n) is 2.89. The number of nitrogens with zero attached hydrogens (tertiary/aromatic N) is 1. The van der Waals surface area contributed by atoms with E-state index in [-0.39, 0.29) is 17.1 Å². The Balaban J connectivity index is 2.41. The maximum Gasteiger partial charge on any atom is 0.296 e. The summed E-state index contributed by atoms with van der Waals surface area (Å²) >= 11 is 1.37. The molecule has 1 heterocycles. The molecule has 0 atom stereocenters. The van der Waals surface area contributed by atoms with E-state index in [1.807, 2.05) is 0 Å². The minimum Gasteiger partial charge on any atom is -0.490 e. The molecule has 1 amide bonds. The molecular weight excluding hydrogens is 320 g/mol. The van der Waals surface area contributed by atoms with Gasteiger partial charge in [0.15, 0.2) is 11.5 Å². The number of hydrogen-bond acceptors (Lipinski definition) is 6. The first-order valence-corrected chi connectivity index (χ1v) is 7.92. The number of anilines is 1. The van der Waals surface area contributed by atoms with E-state index >= 15 is 0 Å². The molecule has 1 aromatic carbocycles. The van der Waals surface area contributed by atoms with Crippen LogP contribution in [0.2, 0.25) is 0 Å². The zero-order valence-corrected chi connectivity index (χ0v) is 13.5. The lowest BCUT2D eigenvalue weighted by Crippen LogP contribution is -2.13. The van der Waals surface area contributed by atoms with E-state index in [9.17, 15) is 14.9 Å². The summed E-state index contributed by atoms with van der Waals surface area (Å²) in [5.74, 6) is 0.205. The number of nitro groups is 1. The summed E-state index contributed by atoms with van der Waals surface area (Å²) in [4.78, 5) is 22.8. The number of thiophene rings is 1. The van der Waals surface area contributed by atoms with Crippen molar-refractivity contribution in [2.24, 2.45) is 0 Å². The first-order chi connectivity index (χ1) is 11.1. The second kappa shape index (κ2) is 7.59. The standard InChI is InChI=1S/C15H16N2O5S/c1-3-21-13-7-11(16-15(18)10-5-6-23-9-10)12(17(19)20)8-14(13)22-4-2/h5-9H,3-4H2,1-2H3,(H,16,18). The number of carbonyl (C=O) groups excluding carboxylic acids is 1. The van der Waals surface area contributed by atoms with Crippen molar-refractivity contribution in [2.45, 2.75) is 13.8 Å². The maximum absolute atomic E-state index is 12.1. The Labute approximate surface area is 137 Å². The van der Waals surface area contributed by atoms with Crippen molar-refractivity contribution in [3.05, 3.63) is 44.6 Å². The van der Waals surface area contributed by atoms with Crippen LogP contribution in [0.15, 0.2) is 29.0 Å². The Morgan fingerprint density at radius 2 is 1.91 bits per heavy atom. The summed E-state index contributed by atoms with van der Waals surface area (Å²) in [6.45, 7) is 4.28. The molecule has 0 aliphatic rings. The molecule has 122 valence electrons. The zero-order valence-electron chi connectivity index (χ0n) is 12.7. The highest BCUT2D eigenvalue weighted by Crippen LogP contribution is 2.38. The smallest absolute Gasteiger partial charge is 0.296 e. The number of ether oxygens (including phenoxy) is 2. The van der Waals surface area contributed by atoms with Gasteiger partial charge in [0.05, 0.1) is 29.8 Å². The van der Waals surface area contributed by atoms with Crippen LogP contribution in [0.4, 0.5) is 11.4 Å². The highest BCUT2D eigenvalue weighted by molar-refractivity contribution is 7.08. The Hall–Kier alpha value is -2.61. The van der Waals surface area contributed by atoms with Gasteiger partial charge in [0, 0.05) is 11.4 Å². The molecule has 0 spiro atoms. The predicted octanol–water partition coefficient (Wildman–Crippen LogP) is 3.71. The van der Waals surface area contributed by atoms with Crippen molar-refractivity contribution in [1.29, 1.82) is 0 Å². The first-order valence-electron chi connectivity index (χ1n) is 6.98. The average Bonchev–Trinajstić information content (AvgIpc) is 3.04. The first kappa shape index (κ1) is 16.8. The average molecular weight is 336 g/mol. The lowest BCUT2D eigenvalue weighted by atomic mass is 10.2. The summed E-state index contributed by atoms with van der Waals surface area (Å²) < 4.78 is 10.8. The van der Waals surface area contributed by atoms with Crippen LogP contribution in [-0.2, 0) is 0 Å². The second-order valence-electron chi connectivity index (χ2n) is 4.41. The van der Waals surface area contributed by atoms with Gasteiger partial charge in [-0.2, -0.15) is 11.3 Å². The lowest BCUT2D eigenvalue weighted by Gasteiger charge is -2.13. The normalized spacial score (nSPS) is 10.2. The fourth-order valence-electron chi connectivity index (χ4n) is 1.93. The summed E-state index contributed by atoms with van der Waals surface area (Å²) in [7, 11) is 0. The van der Waals surface area contributed by atoms with Crippen molar-refractivity contribution in [1.82, 2.24) is 0 Å². The van der Waals surface area contributed by atoms with E-state index in [4.69, 9.17) is 9.47 Å². The molecule has 0 aliphatic heterocycles. The van der Waals surface area contributed by atoms with Crippen molar-refractivity contribution in [2.75, 3.05) is 18.5 Å². The SMILES string of the molecule is CCOc1cc(NC(=O)c2ccsc2)c([N+](=O)[O-])cc1OCC. The van der Waals surface area contributed by atoms with Crippen LogP contribution in [0.1, 0.15) is 24.2 Å². The van der Waals surface area contributed by atoms with E-state index in [0.29, 0.717) is 24.5 Å². The van der Waals surface area contributed by atoms with E-state index in [1.54, 1.807) is 30.7 Å². The number of carbonyl (C=O) groups is 1. The third-order valence-corrected chi connectivity index (χ3v) is 3.57. The number of nitro benzene ring substituents is 1. The molecule has 23 heavy (non-hydrogen) atoms. The number of nitrogens with one attached hydrogen (secondary N) is 1. The van der Waals surface area contributed by atoms with Gasteiger partial charge in [0.2, 0.25) is 0 Å². The summed E-state index contributed by atoms with van der Waals surface area (Å²) in [5.41, 5.74) is 0.259. The zero-order chi connectivity index (χ0) is 16.8. The quantitative estimate of drug-likeness (QED) is 0.615. The number of benzene rings is 1. The number of rotatable bonds is 7. The van der Waals surface area contributed by atoms with Crippen LogP contribution >= 0.6 is 11.3 Å². The van der Waals surface area contributed by atoms with Gasteiger partial charge >= 0.3 is 0 Å². The van der Waals surface area contributed by atoms with Crippen LogP contribution in [0.3, 0.4) is 0 Å². The van der Waals surface area contributed by atoms with Gasteiger partial charge in [-0.1, -0.05) is 0 Å². The van der Waals surface area contributed by atoms with Crippen molar-refractivity contribution >= 4 is 28.6 Å². The third kappa shape index (κ3) is 3.98. The molecular formula is C15H16N2O5S. The van der Waals surface area contributed by atoms with E-state index in [0.717, 1.165) is 0 Å². The largest absolute Gasteiger partial charge is 0.490 e. The van der Waals surface area contributed by atoms with E-state index in [2.05, 4.69) is 5.32 Å². The second-order valence-corrected chi connectivity index (χ2v) is 5.19. The number of amides is 1. The topological polar surface area (TPSA) is 90.7 Å². The van der Waals surface area contributed by atoms with Crippen LogP contribution in [0.5, 0.6) is 11.5 Å². The van der Waals surface area contributed by atoms with Crippen LogP contribution in [0, 0.1) is 10.1 Å². The molecule has 0 saturated carbocycles. The van der Waals surface area contributed by atoms with Gasteiger partial charge < -0.3 is 14.8 Å². The molecule has 8 heteroatoms. The van der Waals surface area contributed by atoms with Gasteiger partial charge in [-0.3, -0.25) is 14.9 Å². The molecule has 0 bridgehead atoms. The molecule has 0 fully saturated rings. The van der Waals surface area contributed by atoms with Crippen molar-refractivity contribution in [3.8, 4) is 11.5 Å². The van der Waals surface area contributed by atoms with Crippen LogP contribution in [-0.4, -0.2) is 24.0 Å². The molecule has 0 radical (unpaired) electrons. The lowest BCUT2D eigenvalue weighted by molar-refractivity contribution is -0.384. The van der Waals surface area contributed by atoms with Crippen LogP contribution < -0.4 is 14.8 Å². The van der Waals surface area contributed by atoms with Gasteiger partial charge in [-0.05, 0) is 25.3 Å². The van der Waals surface area contributed by atoms with Crippen molar-refractivity contribution in [3.63, 3.8) is 0 Å². The Bertz CT molecular complexity index is 700. The Kier molecular flexibility index (Phi) is 5.53. The molecule has 2 rings (SSSR count). The van der Waals surface area contributed by atoms with Crippen LogP contribution in [0.25, 0.3) is 0 Å². The fraction of sp³-hybridized carbons (Fsp3) is 0.267. The molecule has 0 saturated heterocycles. The molecule has 0 aliphatic carbocycles. The predicted molar refractivity (Wildman–Crippen MR) is 87.7 cm³/mol. The van der Waals surface area contributed by atoms with Gasteiger partial charge in [-0.25, -0.2) is 0 Å². The highest BCUT2D eigenvalue weighted by atomic mass is 32.1. The van der Waals surface area contributed by atoms with Gasteiger partial charge in [0.1, 0.15) is 5.69 Å². The monoisotopic (exact) mass is 336 g/mol. The molecule has 1 aromatic heterocycles. The highest BCUT2D eigenvalue weighted by Gasteiger charge is 2.22. The summed E-state index contributed by atoms with van der Waals surface area (Å²) in [5, 5.41) is 17.3. The Morgan fingerprint density at radius 3 is 2.43 bits per heavy atom. The van der Waals surface area contributed by atoms with E-state index in [1.165, 1.54) is 23.5 Å². The van der Waals surface area contributed by atoms with Crippen molar-refractivity contribution < 1.29 is 19.2 Å². The minimum absolute atomic E-state index is 0.0677. The van der Waals surface area contributed by atoms with Gasteiger partial charge in [0.25, 0.3) is 11.6 Å². The number of hydrogen-bond donors (Lipinski definition) is 1. The van der Waals surface area contributed by atoms with E-state index < -0.39 is 10.8 Å². The molecule has 0 unspecified atom stereocenters. The molecule has 1 N–H and O–H groups in total. The summed E-state index contributed by atoms with van der Waals surface area (Å²) in [6, 6.07) is 4.32. The maximum atomic E-state index is 12.1. The Morgan fingerprint density at radius 1 is 1.26 bits per heavy atom. The summed E-state index contributed by atoms with van der Waals surface area (Å²) in [6.07, 6.45) is 0. The molecule has 2 aromatic rings. The fourth-order valence-corrected chi connectivity index (χ4v) is 2.56. The molecule has 7 nitrogen and oxygen atoms in total. The minimum atomic E-state index is -0.568. The van der Waals surface area contributed by atoms with Gasteiger partial charge in [-0.15, -0.1) is 0 Å².